The molecule has 4 rings (SSSR count). The normalized spacial score (nSPS) is 11.5. The summed E-state index contributed by atoms with van der Waals surface area (Å²) in [6.45, 7) is 4.68. The van der Waals surface area contributed by atoms with Crippen molar-refractivity contribution in [2.75, 3.05) is 52.9 Å². The number of hydrogen-bond acceptors (Lipinski definition) is 5. The van der Waals surface area contributed by atoms with Gasteiger partial charge in [-0.25, -0.2) is 0 Å². The number of benzene rings is 4. The summed E-state index contributed by atoms with van der Waals surface area (Å²) in [5.74, 6) is 0. The molecule has 0 aliphatic carbocycles. The molecular formula is C34H38O5. The summed E-state index contributed by atoms with van der Waals surface area (Å²) in [6.07, 6.45) is 0. The van der Waals surface area contributed by atoms with E-state index in [1.165, 1.54) is 0 Å². The Labute approximate surface area is 232 Å². The Bertz CT molecular complexity index is 1060. The van der Waals surface area contributed by atoms with E-state index < -0.39 is 5.60 Å². The molecule has 204 valence electrons. The Morgan fingerprint density at radius 2 is 0.692 bits per heavy atom. The monoisotopic (exact) mass is 526 g/mol. The molecule has 0 aromatic heterocycles. The highest BCUT2D eigenvalue weighted by Crippen LogP contribution is 2.40. The third-order valence-electron chi connectivity index (χ3n) is 6.31. The fourth-order valence-corrected chi connectivity index (χ4v) is 4.45. The predicted molar refractivity (Wildman–Crippen MR) is 154 cm³/mol. The SMILES string of the molecule is c1ccc(COCCOCCOCCOCCOC(c2ccccc2)(c2ccccc2)c2ccccc2)cc1. The van der Waals surface area contributed by atoms with Crippen LogP contribution in [0.3, 0.4) is 0 Å². The van der Waals surface area contributed by atoms with Gasteiger partial charge in [0.05, 0.1) is 59.5 Å². The molecule has 4 aromatic rings. The zero-order chi connectivity index (χ0) is 26.9. The van der Waals surface area contributed by atoms with E-state index in [4.69, 9.17) is 23.7 Å². The molecule has 0 amide bonds. The highest BCUT2D eigenvalue weighted by atomic mass is 16.6. The van der Waals surface area contributed by atoms with Gasteiger partial charge < -0.3 is 23.7 Å². The van der Waals surface area contributed by atoms with Gasteiger partial charge in [0.25, 0.3) is 0 Å². The lowest BCUT2D eigenvalue weighted by molar-refractivity contribution is -0.0386. The van der Waals surface area contributed by atoms with E-state index in [1.54, 1.807) is 0 Å². The van der Waals surface area contributed by atoms with Crippen LogP contribution >= 0.6 is 0 Å². The molecule has 0 aliphatic heterocycles. The second-order valence-corrected chi connectivity index (χ2v) is 9.00. The molecule has 39 heavy (non-hydrogen) atoms. The molecule has 0 unspecified atom stereocenters. The highest BCUT2D eigenvalue weighted by molar-refractivity contribution is 5.47. The van der Waals surface area contributed by atoms with Crippen molar-refractivity contribution in [2.45, 2.75) is 12.2 Å². The van der Waals surface area contributed by atoms with E-state index in [1.807, 2.05) is 36.4 Å². The molecule has 0 saturated heterocycles. The first-order valence-electron chi connectivity index (χ1n) is 13.5. The maximum atomic E-state index is 6.71. The van der Waals surface area contributed by atoms with Crippen molar-refractivity contribution in [3.05, 3.63) is 144 Å². The van der Waals surface area contributed by atoms with Crippen LogP contribution in [0.15, 0.2) is 121 Å². The lowest BCUT2D eigenvalue weighted by Gasteiger charge is -2.36. The first-order valence-corrected chi connectivity index (χ1v) is 13.5. The average Bonchev–Trinajstić information content (AvgIpc) is 3.01. The van der Waals surface area contributed by atoms with E-state index in [0.717, 1.165) is 22.3 Å². The summed E-state index contributed by atoms with van der Waals surface area (Å²) >= 11 is 0. The van der Waals surface area contributed by atoms with Gasteiger partial charge in [-0.3, -0.25) is 0 Å². The van der Waals surface area contributed by atoms with Crippen molar-refractivity contribution in [2.24, 2.45) is 0 Å². The smallest absolute Gasteiger partial charge is 0.143 e. The van der Waals surface area contributed by atoms with Gasteiger partial charge in [-0.2, -0.15) is 0 Å². The van der Waals surface area contributed by atoms with Crippen LogP contribution in [-0.4, -0.2) is 52.9 Å². The highest BCUT2D eigenvalue weighted by Gasteiger charge is 2.37. The fraction of sp³-hybridized carbons (Fsp3) is 0.294. The molecule has 0 radical (unpaired) electrons. The molecule has 0 aliphatic rings. The second kappa shape index (κ2) is 16.6. The Morgan fingerprint density at radius 3 is 1.10 bits per heavy atom. The molecule has 0 atom stereocenters. The average molecular weight is 527 g/mol. The minimum absolute atomic E-state index is 0.435. The van der Waals surface area contributed by atoms with Crippen LogP contribution in [0.4, 0.5) is 0 Å². The maximum Gasteiger partial charge on any atom is 0.143 e. The Balaban J connectivity index is 1.16. The third-order valence-corrected chi connectivity index (χ3v) is 6.31. The summed E-state index contributed by atoms with van der Waals surface area (Å²) in [4.78, 5) is 0. The molecule has 0 spiro atoms. The molecule has 0 bridgehead atoms. The summed E-state index contributed by atoms with van der Waals surface area (Å²) in [6, 6.07) is 41.2. The topological polar surface area (TPSA) is 46.2 Å². The van der Waals surface area contributed by atoms with Crippen LogP contribution in [0.1, 0.15) is 22.3 Å². The van der Waals surface area contributed by atoms with Crippen molar-refractivity contribution in [3.8, 4) is 0 Å². The number of hydrogen-bond donors (Lipinski definition) is 0. The Hall–Kier alpha value is -3.32. The van der Waals surface area contributed by atoms with E-state index in [-0.39, 0.29) is 0 Å². The van der Waals surface area contributed by atoms with Gasteiger partial charge in [-0.15, -0.1) is 0 Å². The molecule has 0 saturated carbocycles. The van der Waals surface area contributed by atoms with Gasteiger partial charge in [0.2, 0.25) is 0 Å². The van der Waals surface area contributed by atoms with Crippen molar-refractivity contribution >= 4 is 0 Å². The van der Waals surface area contributed by atoms with Crippen LogP contribution in [0.25, 0.3) is 0 Å². The van der Waals surface area contributed by atoms with Gasteiger partial charge in [-0.1, -0.05) is 121 Å². The van der Waals surface area contributed by atoms with Gasteiger partial charge in [0.1, 0.15) is 5.60 Å². The fourth-order valence-electron chi connectivity index (χ4n) is 4.45. The van der Waals surface area contributed by atoms with Gasteiger partial charge in [-0.05, 0) is 22.3 Å². The van der Waals surface area contributed by atoms with Gasteiger partial charge in [0, 0.05) is 0 Å². The standard InChI is InChI=1S/C34H38O5/c1-5-13-30(14-6-1)29-38-26-25-36-22-21-35-23-24-37-27-28-39-34(31-15-7-2-8-16-31,32-17-9-3-10-18-32)33-19-11-4-12-20-33/h1-20H,21-29H2. The van der Waals surface area contributed by atoms with Crippen LogP contribution in [0.5, 0.6) is 0 Å². The Morgan fingerprint density at radius 1 is 0.359 bits per heavy atom. The molecule has 5 nitrogen and oxygen atoms in total. The second-order valence-electron chi connectivity index (χ2n) is 9.00. The van der Waals surface area contributed by atoms with Gasteiger partial charge >= 0.3 is 0 Å². The minimum Gasteiger partial charge on any atom is -0.377 e. The summed E-state index contributed by atoms with van der Waals surface area (Å²) < 4.78 is 29.4. The third kappa shape index (κ3) is 8.85. The van der Waals surface area contributed by atoms with E-state index in [2.05, 4.69) is 84.9 Å². The quantitative estimate of drug-likeness (QED) is 0.113. The first kappa shape index (κ1) is 28.7. The van der Waals surface area contributed by atoms with E-state index in [0.29, 0.717) is 59.5 Å². The predicted octanol–water partition coefficient (Wildman–Crippen LogP) is 6.26. The molecule has 4 aromatic carbocycles. The lowest BCUT2D eigenvalue weighted by atomic mass is 9.80. The van der Waals surface area contributed by atoms with Gasteiger partial charge in [0.15, 0.2) is 0 Å². The summed E-state index contributed by atoms with van der Waals surface area (Å²) in [5.41, 5.74) is 3.67. The van der Waals surface area contributed by atoms with E-state index in [9.17, 15) is 0 Å². The summed E-state index contributed by atoms with van der Waals surface area (Å²) in [5, 5.41) is 0. The van der Waals surface area contributed by atoms with Crippen LogP contribution < -0.4 is 0 Å². The molecule has 0 fully saturated rings. The lowest BCUT2D eigenvalue weighted by Crippen LogP contribution is -2.34. The first-order chi connectivity index (χ1) is 19.4. The Kier molecular flexibility index (Phi) is 12.2. The van der Waals surface area contributed by atoms with Crippen molar-refractivity contribution in [3.63, 3.8) is 0 Å². The minimum atomic E-state index is -0.730. The number of rotatable bonds is 18. The van der Waals surface area contributed by atoms with Crippen molar-refractivity contribution < 1.29 is 23.7 Å². The van der Waals surface area contributed by atoms with Crippen molar-refractivity contribution in [1.29, 1.82) is 0 Å². The largest absolute Gasteiger partial charge is 0.377 e. The van der Waals surface area contributed by atoms with Crippen LogP contribution in [-0.2, 0) is 35.9 Å². The molecule has 0 heterocycles. The number of ether oxygens (including phenoxy) is 5. The summed E-state index contributed by atoms with van der Waals surface area (Å²) in [7, 11) is 0. The molecule has 5 heteroatoms. The zero-order valence-corrected chi connectivity index (χ0v) is 22.5. The molecule has 0 N–H and O–H groups in total. The van der Waals surface area contributed by atoms with Crippen LogP contribution in [0, 0.1) is 0 Å². The van der Waals surface area contributed by atoms with E-state index >= 15 is 0 Å². The maximum absolute atomic E-state index is 6.71. The zero-order valence-electron chi connectivity index (χ0n) is 22.5. The van der Waals surface area contributed by atoms with Crippen molar-refractivity contribution in [1.82, 2.24) is 0 Å². The van der Waals surface area contributed by atoms with Crippen LogP contribution in [0.2, 0.25) is 0 Å². The molecular weight excluding hydrogens is 488 g/mol.